The molecule has 0 rings (SSSR count). The quantitative estimate of drug-likeness (QED) is 0.694. The molecule has 2 unspecified atom stereocenters. The maximum atomic E-state index is 9.69. The lowest BCUT2D eigenvalue weighted by atomic mass is 10.00. The number of rotatable bonds is 6. The van der Waals surface area contributed by atoms with Gasteiger partial charge < -0.3 is 10.4 Å². The molecule has 0 saturated carbocycles. The normalized spacial score (nSPS) is 17.1. The fraction of sp³-hybridized carbons (Fsp3) is 1.00. The van der Waals surface area contributed by atoms with Gasteiger partial charge in [-0.05, 0) is 46.1 Å². The Kier molecular flexibility index (Phi) is 6.01. The molecule has 0 aromatic carbocycles. The zero-order valence-corrected chi connectivity index (χ0v) is 10.2. The summed E-state index contributed by atoms with van der Waals surface area (Å²) in [7, 11) is 0. The highest BCUT2D eigenvalue weighted by atomic mass is 32.2. The number of thioether (sulfide) groups is 1. The first kappa shape index (κ1) is 13.3. The van der Waals surface area contributed by atoms with Crippen molar-refractivity contribution in [2.45, 2.75) is 51.8 Å². The van der Waals surface area contributed by atoms with Crippen molar-refractivity contribution in [1.29, 1.82) is 0 Å². The maximum Gasteiger partial charge on any atom is 0.0741 e. The van der Waals surface area contributed by atoms with E-state index in [0.29, 0.717) is 6.04 Å². The van der Waals surface area contributed by atoms with Gasteiger partial charge in [0, 0.05) is 12.1 Å². The van der Waals surface area contributed by atoms with E-state index >= 15 is 0 Å². The van der Waals surface area contributed by atoms with E-state index in [9.17, 15) is 5.11 Å². The van der Waals surface area contributed by atoms with Crippen LogP contribution in [-0.2, 0) is 0 Å². The predicted octanol–water partition coefficient (Wildman–Crippen LogP) is 1.88. The molecule has 0 heterocycles. The van der Waals surface area contributed by atoms with Crippen molar-refractivity contribution in [2.75, 3.05) is 12.0 Å². The largest absolute Gasteiger partial charge is 0.389 e. The van der Waals surface area contributed by atoms with Crippen LogP contribution in [0.1, 0.15) is 34.1 Å². The minimum absolute atomic E-state index is 0.143. The maximum absolute atomic E-state index is 9.69. The van der Waals surface area contributed by atoms with E-state index in [0.717, 1.165) is 6.42 Å². The molecule has 2 nitrogen and oxygen atoms in total. The summed E-state index contributed by atoms with van der Waals surface area (Å²) < 4.78 is 0. The van der Waals surface area contributed by atoms with Crippen LogP contribution in [0.5, 0.6) is 0 Å². The van der Waals surface area contributed by atoms with Crippen LogP contribution < -0.4 is 5.32 Å². The first-order valence-electron chi connectivity index (χ1n) is 4.85. The van der Waals surface area contributed by atoms with Gasteiger partial charge >= 0.3 is 0 Å². The molecule has 0 bridgehead atoms. The summed E-state index contributed by atoms with van der Waals surface area (Å²) in [6.07, 6.45) is 3.27. The third-order valence-electron chi connectivity index (χ3n) is 2.35. The van der Waals surface area contributed by atoms with Crippen LogP contribution in [0.2, 0.25) is 0 Å². The third kappa shape index (κ3) is 6.36. The molecular weight excluding hydrogens is 182 g/mol. The molecule has 3 heteroatoms. The highest BCUT2D eigenvalue weighted by molar-refractivity contribution is 7.98. The molecule has 13 heavy (non-hydrogen) atoms. The van der Waals surface area contributed by atoms with Gasteiger partial charge in [0.05, 0.1) is 5.60 Å². The average Bonchev–Trinajstić information content (AvgIpc) is 1.99. The molecule has 0 aromatic heterocycles. The van der Waals surface area contributed by atoms with Gasteiger partial charge in [0.15, 0.2) is 0 Å². The fourth-order valence-corrected chi connectivity index (χ4v) is 1.60. The number of hydrogen-bond acceptors (Lipinski definition) is 3. The smallest absolute Gasteiger partial charge is 0.0741 e. The Morgan fingerprint density at radius 1 is 1.38 bits per heavy atom. The summed E-state index contributed by atoms with van der Waals surface area (Å²) in [6, 6.07) is 0.623. The molecule has 0 fully saturated rings. The van der Waals surface area contributed by atoms with Gasteiger partial charge in [-0.25, -0.2) is 0 Å². The topological polar surface area (TPSA) is 32.3 Å². The molecule has 0 radical (unpaired) electrons. The molecule has 0 aliphatic rings. The highest BCUT2D eigenvalue weighted by Crippen LogP contribution is 2.09. The van der Waals surface area contributed by atoms with Crippen LogP contribution in [-0.4, -0.2) is 34.8 Å². The number of nitrogens with one attached hydrogen (secondary N) is 1. The van der Waals surface area contributed by atoms with Crippen molar-refractivity contribution in [3.8, 4) is 0 Å². The molecule has 0 saturated heterocycles. The van der Waals surface area contributed by atoms with E-state index in [2.05, 4.69) is 18.5 Å². The second-order valence-electron chi connectivity index (χ2n) is 4.22. The van der Waals surface area contributed by atoms with E-state index in [4.69, 9.17) is 0 Å². The Morgan fingerprint density at radius 2 is 1.92 bits per heavy atom. The van der Waals surface area contributed by atoms with Gasteiger partial charge in [0.1, 0.15) is 0 Å². The van der Waals surface area contributed by atoms with Crippen molar-refractivity contribution in [3.05, 3.63) is 0 Å². The van der Waals surface area contributed by atoms with E-state index in [1.165, 1.54) is 5.75 Å². The summed E-state index contributed by atoms with van der Waals surface area (Å²) in [4.78, 5) is 0. The minimum Gasteiger partial charge on any atom is -0.389 e. The van der Waals surface area contributed by atoms with Gasteiger partial charge in [-0.3, -0.25) is 0 Å². The van der Waals surface area contributed by atoms with Crippen LogP contribution in [0.15, 0.2) is 0 Å². The minimum atomic E-state index is -0.631. The zero-order chi connectivity index (χ0) is 10.5. The molecule has 2 N–H and O–H groups in total. The monoisotopic (exact) mass is 205 g/mol. The third-order valence-corrected chi connectivity index (χ3v) is 2.99. The molecule has 0 aliphatic heterocycles. The van der Waals surface area contributed by atoms with E-state index < -0.39 is 5.60 Å². The second kappa shape index (κ2) is 5.89. The highest BCUT2D eigenvalue weighted by Gasteiger charge is 2.22. The average molecular weight is 205 g/mol. The molecule has 2 atom stereocenters. The molecule has 80 valence electrons. The van der Waals surface area contributed by atoms with Crippen molar-refractivity contribution in [3.63, 3.8) is 0 Å². The van der Waals surface area contributed by atoms with Gasteiger partial charge in [-0.2, -0.15) is 11.8 Å². The van der Waals surface area contributed by atoms with Crippen molar-refractivity contribution >= 4 is 11.8 Å². The first-order valence-corrected chi connectivity index (χ1v) is 6.24. The van der Waals surface area contributed by atoms with Crippen LogP contribution in [0.25, 0.3) is 0 Å². The van der Waals surface area contributed by atoms with Crippen molar-refractivity contribution < 1.29 is 5.11 Å². The van der Waals surface area contributed by atoms with Gasteiger partial charge in [0.2, 0.25) is 0 Å². The van der Waals surface area contributed by atoms with Crippen molar-refractivity contribution in [2.24, 2.45) is 0 Å². The Morgan fingerprint density at radius 3 is 2.31 bits per heavy atom. The Bertz CT molecular complexity index is 133. The summed E-state index contributed by atoms with van der Waals surface area (Å²) in [5.41, 5.74) is -0.631. The summed E-state index contributed by atoms with van der Waals surface area (Å²) in [6.45, 7) is 7.87. The fourth-order valence-electron chi connectivity index (χ4n) is 1.01. The van der Waals surface area contributed by atoms with Crippen LogP contribution >= 0.6 is 11.8 Å². The predicted molar refractivity (Wildman–Crippen MR) is 61.4 cm³/mol. The lowest BCUT2D eigenvalue weighted by Gasteiger charge is -2.29. The number of hydrogen-bond donors (Lipinski definition) is 2. The lowest BCUT2D eigenvalue weighted by Crippen LogP contribution is -2.48. The van der Waals surface area contributed by atoms with E-state index in [1.807, 2.05) is 32.5 Å². The lowest BCUT2D eigenvalue weighted by molar-refractivity contribution is 0.0405. The summed E-state index contributed by atoms with van der Waals surface area (Å²) >= 11 is 1.86. The molecule has 0 aromatic rings. The van der Waals surface area contributed by atoms with Crippen LogP contribution in [0, 0.1) is 0 Å². The zero-order valence-electron chi connectivity index (χ0n) is 9.42. The number of aliphatic hydroxyl groups is 1. The Hall–Kier alpha value is 0.270. The Labute approximate surface area is 86.5 Å². The van der Waals surface area contributed by atoms with Gasteiger partial charge in [-0.1, -0.05) is 0 Å². The van der Waals surface area contributed by atoms with Crippen LogP contribution in [0.3, 0.4) is 0 Å². The molecule has 0 spiro atoms. The first-order chi connectivity index (χ1) is 5.88. The van der Waals surface area contributed by atoms with Gasteiger partial charge in [0.25, 0.3) is 0 Å². The Balaban J connectivity index is 3.71. The summed E-state index contributed by atoms with van der Waals surface area (Å²) in [5, 5.41) is 13.1. The van der Waals surface area contributed by atoms with E-state index in [-0.39, 0.29) is 6.04 Å². The SMILES string of the molecule is CSCCC(C)NC(C)C(C)(C)O. The summed E-state index contributed by atoms with van der Waals surface area (Å²) in [5.74, 6) is 1.17. The van der Waals surface area contributed by atoms with Crippen LogP contribution in [0.4, 0.5) is 0 Å². The van der Waals surface area contributed by atoms with Gasteiger partial charge in [-0.15, -0.1) is 0 Å². The standard InChI is InChI=1S/C10H23NOS/c1-8(6-7-13-5)11-9(2)10(3,4)12/h8-9,11-12H,6-7H2,1-5H3. The molecule has 0 amide bonds. The van der Waals surface area contributed by atoms with Crippen molar-refractivity contribution in [1.82, 2.24) is 5.32 Å². The second-order valence-corrected chi connectivity index (χ2v) is 5.21. The molecule has 0 aliphatic carbocycles. The van der Waals surface area contributed by atoms with E-state index in [1.54, 1.807) is 0 Å². The molecular formula is C10H23NOS.